The number of benzene rings is 3. The van der Waals surface area contributed by atoms with Gasteiger partial charge in [0.2, 0.25) is 12.5 Å². The summed E-state index contributed by atoms with van der Waals surface area (Å²) in [6.07, 6.45) is -0.956. The number of nitrogens with zero attached hydrogens (tertiary/aromatic N) is 2. The molecule has 0 spiro atoms. The van der Waals surface area contributed by atoms with E-state index in [1.54, 1.807) is 19.1 Å². The lowest BCUT2D eigenvalue weighted by Crippen LogP contribution is -2.76. The van der Waals surface area contributed by atoms with Gasteiger partial charge in [0.25, 0.3) is 0 Å². The van der Waals surface area contributed by atoms with Crippen LogP contribution in [0.15, 0.2) is 83.8 Å². The van der Waals surface area contributed by atoms with Crippen LogP contribution in [0.1, 0.15) is 30.5 Å². The number of nitro groups is 1. The minimum atomic E-state index is -1.36. The largest absolute Gasteiger partial charge is 0.497 e. The number of likely N-dealkylation sites (tertiary alicyclic amines) is 1. The van der Waals surface area contributed by atoms with Crippen molar-refractivity contribution in [2.24, 2.45) is 0 Å². The molecule has 1 fully saturated rings. The van der Waals surface area contributed by atoms with E-state index in [0.717, 1.165) is 16.0 Å². The molecule has 0 aliphatic carbocycles. The molecule has 9 heteroatoms. The van der Waals surface area contributed by atoms with Crippen molar-refractivity contribution in [1.82, 2.24) is 4.90 Å². The number of hydrogen-bond donors (Lipinski definition) is 1. The zero-order valence-corrected chi connectivity index (χ0v) is 21.8. The number of carbonyl (C=O) groups is 1. The van der Waals surface area contributed by atoms with Crippen molar-refractivity contribution in [3.63, 3.8) is 0 Å². The lowest BCUT2D eigenvalue weighted by Gasteiger charge is -2.59. The third-order valence-electron chi connectivity index (χ3n) is 6.78. The van der Waals surface area contributed by atoms with E-state index >= 15 is 0 Å². The Kier molecular flexibility index (Phi) is 8.04. The van der Waals surface area contributed by atoms with E-state index in [4.69, 9.17) is 9.47 Å². The molecule has 3 unspecified atom stereocenters. The molecule has 194 valence electrons. The highest BCUT2D eigenvalue weighted by molar-refractivity contribution is 8.01. The van der Waals surface area contributed by atoms with Gasteiger partial charge >= 0.3 is 0 Å². The van der Waals surface area contributed by atoms with Gasteiger partial charge in [0.1, 0.15) is 22.4 Å². The van der Waals surface area contributed by atoms with Crippen LogP contribution in [0.4, 0.5) is 0 Å². The summed E-state index contributed by atoms with van der Waals surface area (Å²) in [6, 6.07) is 22.8. The van der Waals surface area contributed by atoms with Crippen LogP contribution in [-0.2, 0) is 4.79 Å². The number of thioether (sulfide) groups is 1. The van der Waals surface area contributed by atoms with Gasteiger partial charge in [-0.1, -0.05) is 49.4 Å². The number of hydrogen-bond acceptors (Lipinski definition) is 7. The molecule has 0 aromatic heterocycles. The SMILES string of the molecule is CCC1(Sc2ccccc2)C(=O)N(C(c2ccc(OC)cc2)c2ccc(OC)cc2)C1C(O)C[N+](=O)[O-]. The first-order valence-corrected chi connectivity index (χ1v) is 12.8. The van der Waals surface area contributed by atoms with Crippen molar-refractivity contribution < 1.29 is 24.3 Å². The average molecular weight is 523 g/mol. The summed E-state index contributed by atoms with van der Waals surface area (Å²) in [5, 5.41) is 22.6. The van der Waals surface area contributed by atoms with E-state index in [1.165, 1.54) is 11.8 Å². The Balaban J connectivity index is 1.82. The van der Waals surface area contributed by atoms with Crippen LogP contribution in [0.3, 0.4) is 0 Å². The first-order chi connectivity index (χ1) is 17.8. The summed E-state index contributed by atoms with van der Waals surface area (Å²) in [5.74, 6) is 1.16. The van der Waals surface area contributed by atoms with Gasteiger partial charge in [-0.15, -0.1) is 11.8 Å². The molecule has 1 amide bonds. The standard InChI is InChI=1S/C28H30N2O6S/c1-4-28(37-23-8-6-5-7-9-23)26(24(31)18-29(33)34)30(27(28)32)25(19-10-14-21(35-2)15-11-19)20-12-16-22(36-3)17-13-20/h5-17,24-26,31H,4,18H2,1-3H3. The molecule has 1 aliphatic heterocycles. The molecule has 3 atom stereocenters. The van der Waals surface area contributed by atoms with E-state index in [2.05, 4.69) is 0 Å². The first kappa shape index (κ1) is 26.5. The van der Waals surface area contributed by atoms with Crippen LogP contribution in [0.2, 0.25) is 0 Å². The number of rotatable bonds is 11. The molecule has 1 heterocycles. The van der Waals surface area contributed by atoms with Crippen LogP contribution in [0.5, 0.6) is 11.5 Å². The second kappa shape index (κ2) is 11.2. The Bertz CT molecular complexity index is 1170. The molecule has 3 aromatic rings. The smallest absolute Gasteiger partial charge is 0.242 e. The number of aliphatic hydroxyl groups excluding tert-OH is 1. The second-order valence-corrected chi connectivity index (χ2v) is 10.3. The van der Waals surface area contributed by atoms with Gasteiger partial charge in [0.15, 0.2) is 0 Å². The predicted molar refractivity (Wildman–Crippen MR) is 142 cm³/mol. The fourth-order valence-corrected chi connectivity index (χ4v) is 6.42. The molecule has 0 saturated carbocycles. The lowest BCUT2D eigenvalue weighted by molar-refractivity contribution is -0.492. The molecule has 3 aromatic carbocycles. The quantitative estimate of drug-likeness (QED) is 0.223. The summed E-state index contributed by atoms with van der Waals surface area (Å²) >= 11 is 1.36. The van der Waals surface area contributed by atoms with Gasteiger partial charge in [-0.3, -0.25) is 14.9 Å². The van der Waals surface area contributed by atoms with Gasteiger partial charge in [-0.05, 0) is 53.9 Å². The third kappa shape index (κ3) is 5.14. The number of carbonyl (C=O) groups excluding carboxylic acids is 1. The van der Waals surface area contributed by atoms with Crippen LogP contribution in [-0.4, -0.2) is 58.5 Å². The van der Waals surface area contributed by atoms with E-state index in [0.29, 0.717) is 17.9 Å². The van der Waals surface area contributed by atoms with Crippen LogP contribution in [0.25, 0.3) is 0 Å². The van der Waals surface area contributed by atoms with Crippen molar-refractivity contribution >= 4 is 17.7 Å². The van der Waals surface area contributed by atoms with E-state index in [-0.39, 0.29) is 5.91 Å². The highest BCUT2D eigenvalue weighted by Crippen LogP contribution is 2.54. The molecule has 1 saturated heterocycles. The topological polar surface area (TPSA) is 102 Å². The number of ether oxygens (including phenoxy) is 2. The monoisotopic (exact) mass is 522 g/mol. The molecule has 1 N–H and O–H groups in total. The lowest BCUT2D eigenvalue weighted by atomic mass is 9.77. The summed E-state index contributed by atoms with van der Waals surface area (Å²) in [4.78, 5) is 27.5. The summed E-state index contributed by atoms with van der Waals surface area (Å²) < 4.78 is 9.58. The first-order valence-electron chi connectivity index (χ1n) is 12.0. The van der Waals surface area contributed by atoms with Crippen LogP contribution in [0, 0.1) is 10.1 Å². The zero-order valence-electron chi connectivity index (χ0n) is 20.9. The fraction of sp³-hybridized carbons (Fsp3) is 0.321. The second-order valence-electron chi connectivity index (χ2n) is 8.85. The number of aliphatic hydroxyl groups is 1. The number of methoxy groups -OCH3 is 2. The van der Waals surface area contributed by atoms with Gasteiger partial charge in [-0.25, -0.2) is 0 Å². The number of β-lactam (4-membered cyclic amide) rings is 1. The third-order valence-corrected chi connectivity index (χ3v) is 8.36. The Labute approximate surface area is 220 Å². The molecular formula is C28H30N2O6S. The Morgan fingerprint density at radius 3 is 1.92 bits per heavy atom. The average Bonchev–Trinajstić information content (AvgIpc) is 2.92. The minimum Gasteiger partial charge on any atom is -0.497 e. The van der Waals surface area contributed by atoms with Gasteiger partial charge in [0, 0.05) is 9.82 Å². The molecule has 1 aliphatic rings. The van der Waals surface area contributed by atoms with Crippen LogP contribution >= 0.6 is 11.8 Å². The Hall–Kier alpha value is -3.56. The van der Waals surface area contributed by atoms with Crippen molar-refractivity contribution in [2.45, 2.75) is 41.2 Å². The molecule has 0 radical (unpaired) electrons. The summed E-state index contributed by atoms with van der Waals surface area (Å²) in [7, 11) is 3.16. The van der Waals surface area contributed by atoms with Crippen molar-refractivity contribution in [3.05, 3.63) is 100 Å². The van der Waals surface area contributed by atoms with Gasteiger partial charge in [-0.2, -0.15) is 0 Å². The Morgan fingerprint density at radius 2 is 1.49 bits per heavy atom. The zero-order chi connectivity index (χ0) is 26.6. The highest BCUT2D eigenvalue weighted by Gasteiger charge is 2.65. The highest BCUT2D eigenvalue weighted by atomic mass is 32.2. The van der Waals surface area contributed by atoms with E-state index in [9.17, 15) is 20.0 Å². The Morgan fingerprint density at radius 1 is 0.973 bits per heavy atom. The molecule has 4 rings (SSSR count). The molecule has 37 heavy (non-hydrogen) atoms. The normalized spacial score (nSPS) is 19.9. The van der Waals surface area contributed by atoms with Gasteiger partial charge in [0.05, 0.1) is 26.3 Å². The predicted octanol–water partition coefficient (Wildman–Crippen LogP) is 4.58. The molecule has 0 bridgehead atoms. The van der Waals surface area contributed by atoms with Crippen molar-refractivity contribution in [1.29, 1.82) is 0 Å². The van der Waals surface area contributed by atoms with Gasteiger partial charge < -0.3 is 19.5 Å². The summed E-state index contributed by atoms with van der Waals surface area (Å²) in [6.45, 7) is 1.22. The van der Waals surface area contributed by atoms with Crippen molar-refractivity contribution in [3.8, 4) is 11.5 Å². The van der Waals surface area contributed by atoms with E-state index in [1.807, 2.05) is 85.8 Å². The molecule has 8 nitrogen and oxygen atoms in total. The van der Waals surface area contributed by atoms with E-state index < -0.39 is 34.4 Å². The fourth-order valence-electron chi connectivity index (χ4n) is 4.98. The molecular weight excluding hydrogens is 492 g/mol. The minimum absolute atomic E-state index is 0.173. The maximum Gasteiger partial charge on any atom is 0.242 e. The van der Waals surface area contributed by atoms with Crippen LogP contribution < -0.4 is 9.47 Å². The number of amides is 1. The maximum absolute atomic E-state index is 14.1. The van der Waals surface area contributed by atoms with Crippen molar-refractivity contribution in [2.75, 3.05) is 20.8 Å². The maximum atomic E-state index is 14.1. The summed E-state index contributed by atoms with van der Waals surface area (Å²) in [5.41, 5.74) is 1.60.